The van der Waals surface area contributed by atoms with Gasteiger partial charge in [-0.3, -0.25) is 4.79 Å². The number of nitrogens with zero attached hydrogens (tertiary/aromatic N) is 3. The first-order chi connectivity index (χ1) is 10.2. The maximum atomic E-state index is 11.8. The van der Waals surface area contributed by atoms with Crippen molar-refractivity contribution < 1.29 is 9.21 Å². The van der Waals surface area contributed by atoms with Gasteiger partial charge in [-0.15, -0.1) is 0 Å². The van der Waals surface area contributed by atoms with Gasteiger partial charge >= 0.3 is 0 Å². The van der Waals surface area contributed by atoms with Gasteiger partial charge in [-0.05, 0) is 31.3 Å². The largest absolute Gasteiger partial charge is 0.451 e. The first-order valence-electron chi connectivity index (χ1n) is 6.95. The van der Waals surface area contributed by atoms with Gasteiger partial charge in [0.05, 0.1) is 0 Å². The number of piperazine rings is 1. The number of anilines is 2. The molecule has 3 rings (SSSR count). The van der Waals surface area contributed by atoms with Crippen LogP contribution in [0.1, 0.15) is 10.5 Å². The zero-order chi connectivity index (χ0) is 14.7. The number of rotatable bonds is 3. The number of carbonyl (C=O) groups excluding carboxylic acids is 1. The predicted octanol–water partition coefficient (Wildman–Crippen LogP) is 1.68. The molecule has 1 N–H and O–H groups in total. The van der Waals surface area contributed by atoms with Crippen LogP contribution in [0.3, 0.4) is 0 Å². The number of oxazole rings is 1. The molecule has 6 nitrogen and oxygen atoms in total. The van der Waals surface area contributed by atoms with E-state index in [0.29, 0.717) is 0 Å². The average Bonchev–Trinajstić information content (AvgIpc) is 3.03. The van der Waals surface area contributed by atoms with Gasteiger partial charge in [0.15, 0.2) is 12.1 Å². The van der Waals surface area contributed by atoms with Crippen molar-refractivity contribution >= 4 is 17.3 Å². The molecule has 6 heteroatoms. The highest BCUT2D eigenvalue weighted by Gasteiger charge is 2.14. The summed E-state index contributed by atoms with van der Waals surface area (Å²) in [6.45, 7) is 4.21. The van der Waals surface area contributed by atoms with Gasteiger partial charge in [0.1, 0.15) is 6.26 Å². The SMILES string of the molecule is CN1CCN(c2ccc(NC(=O)c3cocn3)cc2)CC1. The number of hydrogen-bond donors (Lipinski definition) is 1. The van der Waals surface area contributed by atoms with E-state index in [1.165, 1.54) is 18.3 Å². The molecule has 1 aliphatic rings. The molecule has 1 aromatic heterocycles. The van der Waals surface area contributed by atoms with Gasteiger partial charge in [-0.2, -0.15) is 0 Å². The second-order valence-corrected chi connectivity index (χ2v) is 5.17. The molecule has 0 aliphatic carbocycles. The van der Waals surface area contributed by atoms with Crippen LogP contribution >= 0.6 is 0 Å². The highest BCUT2D eigenvalue weighted by Crippen LogP contribution is 2.19. The summed E-state index contributed by atoms with van der Waals surface area (Å²) in [4.78, 5) is 20.3. The molecular formula is C15H18N4O2. The average molecular weight is 286 g/mol. The summed E-state index contributed by atoms with van der Waals surface area (Å²) >= 11 is 0. The lowest BCUT2D eigenvalue weighted by atomic mass is 10.2. The first kappa shape index (κ1) is 13.6. The van der Waals surface area contributed by atoms with Crippen LogP contribution in [0, 0.1) is 0 Å². The molecule has 0 saturated carbocycles. The summed E-state index contributed by atoms with van der Waals surface area (Å²) in [6.07, 6.45) is 2.57. The Hall–Kier alpha value is -2.34. The van der Waals surface area contributed by atoms with Crippen LogP contribution in [-0.2, 0) is 0 Å². The van der Waals surface area contributed by atoms with Gasteiger partial charge in [-0.1, -0.05) is 0 Å². The molecule has 0 radical (unpaired) electrons. The number of carbonyl (C=O) groups is 1. The minimum absolute atomic E-state index is 0.268. The fourth-order valence-corrected chi connectivity index (χ4v) is 2.34. The van der Waals surface area contributed by atoms with E-state index in [9.17, 15) is 4.79 Å². The number of hydrogen-bond acceptors (Lipinski definition) is 5. The van der Waals surface area contributed by atoms with E-state index in [-0.39, 0.29) is 11.6 Å². The first-order valence-corrected chi connectivity index (χ1v) is 6.95. The van der Waals surface area contributed by atoms with Crippen LogP contribution in [0.25, 0.3) is 0 Å². The standard InChI is InChI=1S/C15H18N4O2/c1-18-6-8-19(9-7-18)13-4-2-12(3-5-13)17-15(20)14-10-21-11-16-14/h2-5,10-11H,6-9H2,1H3,(H,17,20). The molecule has 2 heterocycles. The van der Waals surface area contributed by atoms with Crippen LogP contribution in [0.2, 0.25) is 0 Å². The van der Waals surface area contributed by atoms with Crippen LogP contribution in [-0.4, -0.2) is 49.0 Å². The molecule has 2 aromatic rings. The third-order valence-corrected chi connectivity index (χ3v) is 3.66. The van der Waals surface area contributed by atoms with Crippen molar-refractivity contribution in [2.75, 3.05) is 43.4 Å². The molecule has 0 unspecified atom stereocenters. The predicted molar refractivity (Wildman–Crippen MR) is 80.6 cm³/mol. The zero-order valence-corrected chi connectivity index (χ0v) is 12.0. The fraction of sp³-hybridized carbons (Fsp3) is 0.333. The molecule has 1 amide bonds. The fourth-order valence-electron chi connectivity index (χ4n) is 2.34. The van der Waals surface area contributed by atoms with E-state index in [1.54, 1.807) is 0 Å². The number of amides is 1. The van der Waals surface area contributed by atoms with Crippen molar-refractivity contribution in [1.82, 2.24) is 9.88 Å². The van der Waals surface area contributed by atoms with Crippen molar-refractivity contribution in [3.05, 3.63) is 42.6 Å². The van der Waals surface area contributed by atoms with Crippen LogP contribution < -0.4 is 10.2 Å². The molecular weight excluding hydrogens is 268 g/mol. The summed E-state index contributed by atoms with van der Waals surface area (Å²) in [5, 5.41) is 2.79. The summed E-state index contributed by atoms with van der Waals surface area (Å²) < 4.78 is 4.80. The Balaban J connectivity index is 1.63. The van der Waals surface area contributed by atoms with Crippen molar-refractivity contribution in [3.63, 3.8) is 0 Å². The van der Waals surface area contributed by atoms with Crippen LogP contribution in [0.15, 0.2) is 41.3 Å². The van der Waals surface area contributed by atoms with Gasteiger partial charge < -0.3 is 19.5 Å². The Kier molecular flexibility index (Phi) is 3.87. The molecule has 0 bridgehead atoms. The van der Waals surface area contributed by atoms with Crippen LogP contribution in [0.4, 0.5) is 11.4 Å². The highest BCUT2D eigenvalue weighted by atomic mass is 16.3. The molecule has 1 aliphatic heterocycles. The lowest BCUT2D eigenvalue weighted by Crippen LogP contribution is -2.44. The van der Waals surface area contributed by atoms with E-state index >= 15 is 0 Å². The second kappa shape index (κ2) is 5.97. The smallest absolute Gasteiger partial charge is 0.277 e. The molecule has 21 heavy (non-hydrogen) atoms. The van der Waals surface area contributed by atoms with Gasteiger partial charge in [0.2, 0.25) is 0 Å². The van der Waals surface area contributed by atoms with E-state index in [4.69, 9.17) is 4.42 Å². The van der Waals surface area contributed by atoms with Crippen molar-refractivity contribution in [3.8, 4) is 0 Å². The van der Waals surface area contributed by atoms with Crippen molar-refractivity contribution in [2.24, 2.45) is 0 Å². The maximum Gasteiger partial charge on any atom is 0.277 e. The topological polar surface area (TPSA) is 61.6 Å². The molecule has 1 fully saturated rings. The van der Waals surface area contributed by atoms with Gasteiger partial charge in [0, 0.05) is 37.6 Å². The van der Waals surface area contributed by atoms with E-state index in [2.05, 4.69) is 27.1 Å². The summed E-state index contributed by atoms with van der Waals surface area (Å²) in [7, 11) is 2.14. The monoisotopic (exact) mass is 286 g/mol. The van der Waals surface area contributed by atoms with E-state index in [0.717, 1.165) is 31.9 Å². The maximum absolute atomic E-state index is 11.8. The van der Waals surface area contributed by atoms with Gasteiger partial charge in [-0.25, -0.2) is 4.98 Å². The van der Waals surface area contributed by atoms with E-state index in [1.807, 2.05) is 24.3 Å². The molecule has 0 atom stereocenters. The highest BCUT2D eigenvalue weighted by molar-refractivity contribution is 6.02. The Morgan fingerprint density at radius 2 is 1.90 bits per heavy atom. The Bertz CT molecular complexity index is 587. The third kappa shape index (κ3) is 3.22. The number of nitrogens with one attached hydrogen (secondary N) is 1. The summed E-state index contributed by atoms with van der Waals surface area (Å²) in [6, 6.07) is 7.88. The van der Waals surface area contributed by atoms with Crippen molar-refractivity contribution in [2.45, 2.75) is 0 Å². The molecule has 0 spiro atoms. The molecule has 1 saturated heterocycles. The normalized spacial score (nSPS) is 16.0. The minimum atomic E-state index is -0.268. The number of aromatic nitrogens is 1. The quantitative estimate of drug-likeness (QED) is 0.930. The Morgan fingerprint density at radius 3 is 2.52 bits per heavy atom. The Labute approximate surface area is 123 Å². The molecule has 110 valence electrons. The van der Waals surface area contributed by atoms with Crippen LogP contribution in [0.5, 0.6) is 0 Å². The minimum Gasteiger partial charge on any atom is -0.451 e. The lowest BCUT2D eigenvalue weighted by Gasteiger charge is -2.34. The second-order valence-electron chi connectivity index (χ2n) is 5.17. The van der Waals surface area contributed by atoms with Gasteiger partial charge in [0.25, 0.3) is 5.91 Å². The van der Waals surface area contributed by atoms with E-state index < -0.39 is 0 Å². The summed E-state index contributed by atoms with van der Waals surface area (Å²) in [5.41, 5.74) is 2.21. The zero-order valence-electron chi connectivity index (χ0n) is 12.0. The van der Waals surface area contributed by atoms with Crippen molar-refractivity contribution in [1.29, 1.82) is 0 Å². The summed E-state index contributed by atoms with van der Waals surface area (Å²) in [5.74, 6) is -0.268. The lowest BCUT2D eigenvalue weighted by molar-refractivity contribution is 0.102. The Morgan fingerprint density at radius 1 is 1.19 bits per heavy atom. The number of likely N-dealkylation sites (N-methyl/N-ethyl adjacent to an activating group) is 1. The third-order valence-electron chi connectivity index (χ3n) is 3.66. The molecule has 1 aromatic carbocycles. The number of benzene rings is 1.